The van der Waals surface area contributed by atoms with Gasteiger partial charge < -0.3 is 19.5 Å². The van der Waals surface area contributed by atoms with Crippen LogP contribution in [0.4, 0.5) is 10.5 Å². The Labute approximate surface area is 179 Å². The molecule has 2 aromatic rings. The Kier molecular flexibility index (Phi) is 5.46. The normalized spacial score (nSPS) is 17.7. The van der Waals surface area contributed by atoms with Crippen LogP contribution in [-0.4, -0.2) is 64.8 Å². The van der Waals surface area contributed by atoms with Crippen LogP contribution < -0.4 is 19.7 Å². The van der Waals surface area contributed by atoms with Crippen LogP contribution >= 0.6 is 0 Å². The first kappa shape index (κ1) is 20.9. The van der Waals surface area contributed by atoms with Crippen molar-refractivity contribution in [1.29, 1.82) is 0 Å². The van der Waals surface area contributed by atoms with E-state index in [9.17, 15) is 18.0 Å². The van der Waals surface area contributed by atoms with E-state index in [1.54, 1.807) is 18.2 Å². The second-order valence-electron chi connectivity index (χ2n) is 7.18. The summed E-state index contributed by atoms with van der Waals surface area (Å²) in [5.74, 6) is 0.776. The van der Waals surface area contributed by atoms with Gasteiger partial charge in [0.2, 0.25) is 16.8 Å². The number of hydrogen-bond donors (Lipinski definition) is 1. The van der Waals surface area contributed by atoms with Crippen LogP contribution in [0.2, 0.25) is 0 Å². The van der Waals surface area contributed by atoms with Gasteiger partial charge in [0.05, 0.1) is 23.7 Å². The fourth-order valence-corrected chi connectivity index (χ4v) is 4.09. The SMILES string of the molecule is CN(C)S(=O)(=O)c1ccc(C(=O)NC[C@H]2CN(c3ccc4c(c3)OCO4)C(=O)O2)cc1. The highest BCUT2D eigenvalue weighted by Gasteiger charge is 2.33. The van der Waals surface area contributed by atoms with Crippen molar-refractivity contribution in [1.82, 2.24) is 9.62 Å². The first-order chi connectivity index (χ1) is 14.8. The number of hydrogen-bond acceptors (Lipinski definition) is 7. The zero-order chi connectivity index (χ0) is 22.2. The zero-order valence-electron chi connectivity index (χ0n) is 16.9. The molecule has 2 heterocycles. The van der Waals surface area contributed by atoms with Crippen molar-refractivity contribution < 1.29 is 32.2 Å². The van der Waals surface area contributed by atoms with E-state index in [0.29, 0.717) is 22.7 Å². The van der Waals surface area contributed by atoms with Crippen LogP contribution in [-0.2, 0) is 14.8 Å². The molecule has 2 aliphatic rings. The number of carbonyl (C=O) groups is 2. The number of rotatable bonds is 6. The number of amides is 2. The summed E-state index contributed by atoms with van der Waals surface area (Å²) in [6, 6.07) is 10.8. The number of sulfonamides is 1. The molecule has 1 atom stereocenters. The van der Waals surface area contributed by atoms with Crippen molar-refractivity contribution in [3.05, 3.63) is 48.0 Å². The predicted octanol–water partition coefficient (Wildman–Crippen LogP) is 1.42. The molecule has 1 saturated heterocycles. The predicted molar refractivity (Wildman–Crippen MR) is 110 cm³/mol. The Morgan fingerprint density at radius 1 is 1.13 bits per heavy atom. The molecule has 2 amide bonds. The standard InChI is InChI=1S/C20H21N3O7S/c1-22(2)31(26,27)16-6-3-13(4-7-16)19(24)21-10-15-11-23(20(25)30-15)14-5-8-17-18(9-14)29-12-28-17/h3-9,15H,10-12H2,1-2H3,(H,21,24)/t15-/m0/s1. The first-order valence-electron chi connectivity index (χ1n) is 9.44. The summed E-state index contributed by atoms with van der Waals surface area (Å²) < 4.78 is 41.3. The number of cyclic esters (lactones) is 1. The smallest absolute Gasteiger partial charge is 0.414 e. The molecule has 0 saturated carbocycles. The molecule has 0 radical (unpaired) electrons. The van der Waals surface area contributed by atoms with E-state index in [-0.39, 0.29) is 24.8 Å². The molecule has 0 bridgehead atoms. The van der Waals surface area contributed by atoms with E-state index in [1.165, 1.54) is 43.3 Å². The number of nitrogens with zero attached hydrogens (tertiary/aromatic N) is 2. The molecule has 10 nitrogen and oxygen atoms in total. The number of fused-ring (bicyclic) bond motifs is 1. The second kappa shape index (κ2) is 8.08. The van der Waals surface area contributed by atoms with Crippen molar-refractivity contribution in [2.75, 3.05) is 38.9 Å². The maximum Gasteiger partial charge on any atom is 0.414 e. The Morgan fingerprint density at radius 3 is 2.55 bits per heavy atom. The van der Waals surface area contributed by atoms with Gasteiger partial charge in [0, 0.05) is 25.7 Å². The Bertz CT molecular complexity index is 1120. The van der Waals surface area contributed by atoms with E-state index in [1.807, 2.05) is 0 Å². The van der Waals surface area contributed by atoms with Crippen LogP contribution in [0.5, 0.6) is 11.5 Å². The lowest BCUT2D eigenvalue weighted by Gasteiger charge is -2.14. The Hall–Kier alpha value is -3.31. The van der Waals surface area contributed by atoms with Crippen LogP contribution in [0, 0.1) is 0 Å². The molecular weight excluding hydrogens is 426 g/mol. The summed E-state index contributed by atoms with van der Waals surface area (Å²) in [6.07, 6.45) is -1.05. The third-order valence-corrected chi connectivity index (χ3v) is 6.76. The maximum atomic E-state index is 12.4. The highest BCUT2D eigenvalue weighted by molar-refractivity contribution is 7.89. The molecule has 2 aromatic carbocycles. The molecule has 1 N–H and O–H groups in total. The fraction of sp³-hybridized carbons (Fsp3) is 0.300. The minimum atomic E-state index is -3.57. The van der Waals surface area contributed by atoms with Gasteiger partial charge in [-0.15, -0.1) is 0 Å². The minimum Gasteiger partial charge on any atom is -0.454 e. The summed E-state index contributed by atoms with van der Waals surface area (Å²) in [6.45, 7) is 0.516. The highest BCUT2D eigenvalue weighted by atomic mass is 32.2. The molecule has 0 unspecified atom stereocenters. The summed E-state index contributed by atoms with van der Waals surface area (Å²) in [5, 5.41) is 2.71. The molecule has 164 valence electrons. The monoisotopic (exact) mass is 447 g/mol. The lowest BCUT2D eigenvalue weighted by Crippen LogP contribution is -2.34. The highest BCUT2D eigenvalue weighted by Crippen LogP contribution is 2.36. The van der Waals surface area contributed by atoms with E-state index in [4.69, 9.17) is 14.2 Å². The van der Waals surface area contributed by atoms with Gasteiger partial charge in [-0.05, 0) is 36.4 Å². The molecule has 0 aromatic heterocycles. The summed E-state index contributed by atoms with van der Waals surface area (Å²) >= 11 is 0. The molecule has 4 rings (SSSR count). The van der Waals surface area contributed by atoms with Crippen molar-refractivity contribution in [3.8, 4) is 11.5 Å². The maximum absolute atomic E-state index is 12.4. The number of benzene rings is 2. The Balaban J connectivity index is 1.35. The molecule has 2 aliphatic heterocycles. The van der Waals surface area contributed by atoms with E-state index in [0.717, 1.165) is 4.31 Å². The van der Waals surface area contributed by atoms with Crippen molar-refractivity contribution in [2.45, 2.75) is 11.0 Å². The van der Waals surface area contributed by atoms with Crippen molar-refractivity contribution >= 4 is 27.7 Å². The molecule has 31 heavy (non-hydrogen) atoms. The average molecular weight is 447 g/mol. The van der Waals surface area contributed by atoms with Gasteiger partial charge in [-0.3, -0.25) is 9.69 Å². The molecule has 0 aliphatic carbocycles. The summed E-state index contributed by atoms with van der Waals surface area (Å²) in [5.41, 5.74) is 0.912. The van der Waals surface area contributed by atoms with Crippen molar-refractivity contribution in [3.63, 3.8) is 0 Å². The van der Waals surface area contributed by atoms with Crippen LogP contribution in [0.1, 0.15) is 10.4 Å². The van der Waals surface area contributed by atoms with Crippen LogP contribution in [0.15, 0.2) is 47.4 Å². The van der Waals surface area contributed by atoms with Crippen molar-refractivity contribution in [2.24, 2.45) is 0 Å². The largest absolute Gasteiger partial charge is 0.454 e. The van der Waals surface area contributed by atoms with Gasteiger partial charge in [0.15, 0.2) is 11.5 Å². The van der Waals surface area contributed by atoms with E-state index < -0.39 is 28.1 Å². The minimum absolute atomic E-state index is 0.0955. The number of nitrogens with one attached hydrogen (secondary N) is 1. The van der Waals surface area contributed by atoms with Gasteiger partial charge in [0.25, 0.3) is 5.91 Å². The molecule has 11 heteroatoms. The van der Waals surface area contributed by atoms with E-state index >= 15 is 0 Å². The molecule has 1 fully saturated rings. The lowest BCUT2D eigenvalue weighted by atomic mass is 10.2. The number of ether oxygens (including phenoxy) is 3. The van der Waals surface area contributed by atoms with Gasteiger partial charge >= 0.3 is 6.09 Å². The van der Waals surface area contributed by atoms with Crippen LogP contribution in [0.3, 0.4) is 0 Å². The number of anilines is 1. The average Bonchev–Trinajstić information content (AvgIpc) is 3.37. The Morgan fingerprint density at radius 2 is 1.84 bits per heavy atom. The molecular formula is C20H21N3O7S. The topological polar surface area (TPSA) is 114 Å². The van der Waals surface area contributed by atoms with Crippen LogP contribution in [0.25, 0.3) is 0 Å². The zero-order valence-corrected chi connectivity index (χ0v) is 17.7. The summed E-state index contributed by atoms with van der Waals surface area (Å²) in [7, 11) is -0.693. The molecule has 0 spiro atoms. The van der Waals surface area contributed by atoms with Gasteiger partial charge in [-0.1, -0.05) is 0 Å². The fourth-order valence-electron chi connectivity index (χ4n) is 3.19. The second-order valence-corrected chi connectivity index (χ2v) is 9.33. The first-order valence-corrected chi connectivity index (χ1v) is 10.9. The third kappa shape index (κ3) is 4.14. The quantitative estimate of drug-likeness (QED) is 0.712. The van der Waals surface area contributed by atoms with Gasteiger partial charge in [-0.2, -0.15) is 0 Å². The number of carbonyl (C=O) groups excluding carboxylic acids is 2. The van der Waals surface area contributed by atoms with Gasteiger partial charge in [-0.25, -0.2) is 17.5 Å². The van der Waals surface area contributed by atoms with Gasteiger partial charge in [0.1, 0.15) is 6.10 Å². The summed E-state index contributed by atoms with van der Waals surface area (Å²) in [4.78, 5) is 26.2. The lowest BCUT2D eigenvalue weighted by molar-refractivity contribution is 0.0916. The third-order valence-electron chi connectivity index (χ3n) is 4.93. The van der Waals surface area contributed by atoms with E-state index in [2.05, 4.69) is 5.32 Å².